The van der Waals surface area contributed by atoms with E-state index in [0.717, 1.165) is 23.0 Å². The van der Waals surface area contributed by atoms with Gasteiger partial charge in [-0.05, 0) is 35.2 Å². The van der Waals surface area contributed by atoms with Gasteiger partial charge < -0.3 is 10.5 Å². The summed E-state index contributed by atoms with van der Waals surface area (Å²) in [4.78, 5) is 8.96. The van der Waals surface area contributed by atoms with Crippen LogP contribution in [0, 0.1) is 0 Å². The number of nitrogens with zero attached hydrogens (tertiary/aromatic N) is 2. The minimum Gasteiger partial charge on any atom is -0.383 e. The highest BCUT2D eigenvalue weighted by Crippen LogP contribution is 2.30. The van der Waals surface area contributed by atoms with Gasteiger partial charge in [0.15, 0.2) is 5.82 Å². The van der Waals surface area contributed by atoms with Crippen molar-refractivity contribution in [3.8, 4) is 0 Å². The van der Waals surface area contributed by atoms with E-state index < -0.39 is 0 Å². The van der Waals surface area contributed by atoms with Gasteiger partial charge in [-0.1, -0.05) is 27.2 Å². The largest absolute Gasteiger partial charge is 0.383 e. The number of rotatable bonds is 6. The van der Waals surface area contributed by atoms with Crippen molar-refractivity contribution in [2.45, 2.75) is 52.6 Å². The first-order valence-corrected chi connectivity index (χ1v) is 7.24. The zero-order valence-corrected chi connectivity index (χ0v) is 13.1. The lowest BCUT2D eigenvalue weighted by molar-refractivity contribution is 0.0492. The third-order valence-corrected chi connectivity index (χ3v) is 3.49. The van der Waals surface area contributed by atoms with Crippen molar-refractivity contribution in [2.75, 3.05) is 12.3 Å². The molecule has 0 amide bonds. The first-order chi connectivity index (χ1) is 8.51. The molecule has 1 aromatic rings. The lowest BCUT2D eigenvalue weighted by Crippen LogP contribution is -2.13. The number of aromatic nitrogens is 2. The van der Waals surface area contributed by atoms with Crippen LogP contribution in [-0.4, -0.2) is 16.6 Å². The molecule has 5 heteroatoms. The molecule has 0 fully saturated rings. The zero-order valence-electron chi connectivity index (χ0n) is 11.5. The van der Waals surface area contributed by atoms with E-state index >= 15 is 0 Å². The average Bonchev–Trinajstić information content (AvgIpc) is 2.32. The molecule has 0 aliphatic rings. The summed E-state index contributed by atoms with van der Waals surface area (Å²) >= 11 is 3.45. The number of ether oxygens (including phenoxy) is 1. The van der Waals surface area contributed by atoms with Gasteiger partial charge in [0.05, 0.1) is 10.2 Å². The van der Waals surface area contributed by atoms with Gasteiger partial charge in [-0.15, -0.1) is 0 Å². The third kappa shape index (κ3) is 3.65. The molecule has 1 heterocycles. The summed E-state index contributed by atoms with van der Waals surface area (Å²) in [6.07, 6.45) is 1.88. The normalized spacial score (nSPS) is 13.0. The van der Waals surface area contributed by atoms with Gasteiger partial charge in [0, 0.05) is 6.61 Å². The Morgan fingerprint density at radius 2 is 1.94 bits per heavy atom. The summed E-state index contributed by atoms with van der Waals surface area (Å²) in [6.45, 7) is 8.93. The van der Waals surface area contributed by atoms with Gasteiger partial charge in [0.1, 0.15) is 11.9 Å². The first kappa shape index (κ1) is 15.4. The fourth-order valence-electron chi connectivity index (χ4n) is 1.78. The Hall–Kier alpha value is -0.680. The van der Waals surface area contributed by atoms with Gasteiger partial charge in [0.2, 0.25) is 0 Å². The Bertz CT molecular complexity index is 390. The van der Waals surface area contributed by atoms with Crippen molar-refractivity contribution in [2.24, 2.45) is 0 Å². The summed E-state index contributed by atoms with van der Waals surface area (Å²) in [7, 11) is 0. The molecule has 1 rings (SSSR count). The van der Waals surface area contributed by atoms with Crippen LogP contribution in [0.15, 0.2) is 4.47 Å². The Morgan fingerprint density at radius 1 is 1.28 bits per heavy atom. The third-order valence-electron chi connectivity index (χ3n) is 2.67. The molecular formula is C13H22BrN3O. The van der Waals surface area contributed by atoms with E-state index in [9.17, 15) is 0 Å². The number of anilines is 1. The fraction of sp³-hybridized carbons (Fsp3) is 0.692. The van der Waals surface area contributed by atoms with Crippen LogP contribution >= 0.6 is 15.9 Å². The van der Waals surface area contributed by atoms with Crippen molar-refractivity contribution in [1.82, 2.24) is 9.97 Å². The van der Waals surface area contributed by atoms with E-state index in [2.05, 4.69) is 46.7 Å². The number of hydrogen-bond acceptors (Lipinski definition) is 4. The van der Waals surface area contributed by atoms with Crippen molar-refractivity contribution >= 4 is 21.7 Å². The number of hydrogen-bond donors (Lipinski definition) is 1. The minimum atomic E-state index is -0.0621. The molecule has 0 spiro atoms. The number of nitrogen functional groups attached to an aromatic ring is 1. The van der Waals surface area contributed by atoms with Gasteiger partial charge >= 0.3 is 0 Å². The highest BCUT2D eigenvalue weighted by molar-refractivity contribution is 9.10. The van der Waals surface area contributed by atoms with Crippen LogP contribution in [0.25, 0.3) is 0 Å². The van der Waals surface area contributed by atoms with E-state index in [0.29, 0.717) is 24.2 Å². The van der Waals surface area contributed by atoms with E-state index in [1.807, 2.05) is 6.92 Å². The Labute approximate surface area is 117 Å². The molecule has 0 saturated heterocycles. The van der Waals surface area contributed by atoms with Crippen LogP contribution in [0.4, 0.5) is 5.82 Å². The molecular weight excluding hydrogens is 294 g/mol. The molecule has 1 unspecified atom stereocenters. The van der Waals surface area contributed by atoms with E-state index in [-0.39, 0.29) is 6.10 Å². The van der Waals surface area contributed by atoms with Crippen LogP contribution in [0.2, 0.25) is 0 Å². The van der Waals surface area contributed by atoms with Crippen molar-refractivity contribution in [3.63, 3.8) is 0 Å². The maximum atomic E-state index is 5.94. The number of halogens is 1. The van der Waals surface area contributed by atoms with Crippen molar-refractivity contribution in [3.05, 3.63) is 16.0 Å². The van der Waals surface area contributed by atoms with Crippen LogP contribution in [0.3, 0.4) is 0 Å². The first-order valence-electron chi connectivity index (χ1n) is 6.45. The lowest BCUT2D eigenvalue weighted by Gasteiger charge is -2.18. The highest BCUT2D eigenvalue weighted by atomic mass is 79.9. The Balaban J connectivity index is 3.14. The second kappa shape index (κ2) is 7.04. The summed E-state index contributed by atoms with van der Waals surface area (Å²) in [5.41, 5.74) is 6.88. The standard InChI is InChI=1S/C13H22BrN3O/c1-5-7-9(18-6-2)13-16-11(8(3)4)10(14)12(15)17-13/h8-9H,5-7H2,1-4H3,(H2,15,16,17). The van der Waals surface area contributed by atoms with Crippen LogP contribution in [0.5, 0.6) is 0 Å². The zero-order chi connectivity index (χ0) is 13.7. The SMILES string of the molecule is CCCC(OCC)c1nc(N)c(Br)c(C(C)C)n1. The molecule has 0 saturated carbocycles. The minimum absolute atomic E-state index is 0.0621. The Kier molecular flexibility index (Phi) is 6.02. The summed E-state index contributed by atoms with van der Waals surface area (Å²) in [5, 5.41) is 0. The van der Waals surface area contributed by atoms with Gasteiger partial charge in [0.25, 0.3) is 0 Å². The van der Waals surface area contributed by atoms with Gasteiger partial charge in [-0.2, -0.15) is 0 Å². The van der Waals surface area contributed by atoms with Crippen LogP contribution in [0.1, 0.15) is 64.1 Å². The molecule has 0 radical (unpaired) electrons. The number of nitrogens with two attached hydrogens (primary N) is 1. The van der Waals surface area contributed by atoms with E-state index in [1.54, 1.807) is 0 Å². The van der Waals surface area contributed by atoms with Crippen molar-refractivity contribution in [1.29, 1.82) is 0 Å². The van der Waals surface area contributed by atoms with Crippen LogP contribution < -0.4 is 5.73 Å². The summed E-state index contributed by atoms with van der Waals surface area (Å²) < 4.78 is 6.50. The van der Waals surface area contributed by atoms with E-state index in [1.165, 1.54) is 0 Å². The molecule has 102 valence electrons. The molecule has 4 nitrogen and oxygen atoms in total. The van der Waals surface area contributed by atoms with Gasteiger partial charge in [-0.25, -0.2) is 9.97 Å². The molecule has 1 aromatic heterocycles. The topological polar surface area (TPSA) is 61.0 Å². The smallest absolute Gasteiger partial charge is 0.159 e. The summed E-state index contributed by atoms with van der Waals surface area (Å²) in [6, 6.07) is 0. The molecule has 1 atom stereocenters. The van der Waals surface area contributed by atoms with Gasteiger partial charge in [-0.3, -0.25) is 0 Å². The maximum Gasteiger partial charge on any atom is 0.159 e. The molecule has 0 aliphatic heterocycles. The van der Waals surface area contributed by atoms with E-state index in [4.69, 9.17) is 10.5 Å². The van der Waals surface area contributed by atoms with Crippen LogP contribution in [-0.2, 0) is 4.74 Å². The quantitative estimate of drug-likeness (QED) is 0.866. The van der Waals surface area contributed by atoms with Crippen molar-refractivity contribution < 1.29 is 4.74 Å². The molecule has 18 heavy (non-hydrogen) atoms. The lowest BCUT2D eigenvalue weighted by atomic mass is 10.1. The molecule has 0 bridgehead atoms. The molecule has 0 aromatic carbocycles. The molecule has 2 N–H and O–H groups in total. The Morgan fingerprint density at radius 3 is 2.44 bits per heavy atom. The second-order valence-electron chi connectivity index (χ2n) is 4.55. The monoisotopic (exact) mass is 315 g/mol. The second-order valence-corrected chi connectivity index (χ2v) is 5.35. The summed E-state index contributed by atoms with van der Waals surface area (Å²) in [5.74, 6) is 1.49. The average molecular weight is 316 g/mol. The fourth-order valence-corrected chi connectivity index (χ4v) is 2.41. The highest BCUT2D eigenvalue weighted by Gasteiger charge is 2.19. The molecule has 0 aliphatic carbocycles. The predicted molar refractivity (Wildman–Crippen MR) is 77.5 cm³/mol. The maximum absolute atomic E-state index is 5.94. The predicted octanol–water partition coefficient (Wildman–Crippen LogP) is 3.82.